The standard InChI is InChI=1S/C19H28FN3O3.HI/c1-4-26-18(24)15-7-9-23(10-8-15)19(21-2)22-12-14-5-6-17(20)16(11-14)13-25-3;/h5-6,11,15H,4,7-10,12-13H2,1-3H3,(H,21,22);1H. The van der Waals surface area contributed by atoms with Gasteiger partial charge in [-0.25, -0.2) is 4.39 Å². The van der Waals surface area contributed by atoms with Gasteiger partial charge in [-0.15, -0.1) is 24.0 Å². The number of aliphatic imine (C=N–C) groups is 1. The van der Waals surface area contributed by atoms with E-state index in [1.54, 1.807) is 26.3 Å². The first kappa shape index (κ1) is 23.6. The van der Waals surface area contributed by atoms with Gasteiger partial charge in [-0.1, -0.05) is 6.07 Å². The second-order valence-corrected chi connectivity index (χ2v) is 6.27. The summed E-state index contributed by atoms with van der Waals surface area (Å²) in [5, 5.41) is 3.31. The van der Waals surface area contributed by atoms with E-state index in [-0.39, 0.29) is 48.3 Å². The number of carbonyl (C=O) groups excluding carboxylic acids is 1. The number of benzene rings is 1. The molecule has 1 aliphatic heterocycles. The largest absolute Gasteiger partial charge is 0.466 e. The number of esters is 1. The Morgan fingerprint density at radius 1 is 1.37 bits per heavy atom. The molecule has 1 fully saturated rings. The van der Waals surface area contributed by atoms with Gasteiger partial charge in [0.2, 0.25) is 0 Å². The molecule has 0 atom stereocenters. The molecule has 0 bridgehead atoms. The Labute approximate surface area is 177 Å². The normalized spacial score (nSPS) is 15.3. The maximum Gasteiger partial charge on any atom is 0.309 e. The van der Waals surface area contributed by atoms with Crippen molar-refractivity contribution in [2.24, 2.45) is 10.9 Å². The molecule has 0 spiro atoms. The first-order valence-corrected chi connectivity index (χ1v) is 8.97. The van der Waals surface area contributed by atoms with Crippen LogP contribution in [0.3, 0.4) is 0 Å². The number of ether oxygens (including phenoxy) is 2. The summed E-state index contributed by atoms with van der Waals surface area (Å²) < 4.78 is 23.8. The van der Waals surface area contributed by atoms with E-state index in [0.717, 1.165) is 37.5 Å². The molecular formula is C19H29FIN3O3. The number of carbonyl (C=O) groups is 1. The average molecular weight is 493 g/mol. The third-order valence-electron chi connectivity index (χ3n) is 4.49. The lowest BCUT2D eigenvalue weighted by Gasteiger charge is -2.33. The highest BCUT2D eigenvalue weighted by atomic mass is 127. The number of rotatable bonds is 6. The predicted octanol–water partition coefficient (Wildman–Crippen LogP) is 2.94. The second-order valence-electron chi connectivity index (χ2n) is 6.27. The fourth-order valence-electron chi connectivity index (χ4n) is 3.10. The summed E-state index contributed by atoms with van der Waals surface area (Å²) in [6, 6.07) is 5.01. The molecule has 1 heterocycles. The Bertz CT molecular complexity index is 635. The number of piperidine rings is 1. The van der Waals surface area contributed by atoms with E-state index in [1.807, 2.05) is 6.92 Å². The summed E-state index contributed by atoms with van der Waals surface area (Å²) >= 11 is 0. The first-order chi connectivity index (χ1) is 12.6. The van der Waals surface area contributed by atoms with Crippen LogP contribution in [-0.4, -0.2) is 50.7 Å². The average Bonchev–Trinajstić information content (AvgIpc) is 2.65. The highest BCUT2D eigenvalue weighted by molar-refractivity contribution is 14.0. The van der Waals surface area contributed by atoms with E-state index in [0.29, 0.717) is 18.7 Å². The van der Waals surface area contributed by atoms with Crippen molar-refractivity contribution in [3.63, 3.8) is 0 Å². The lowest BCUT2D eigenvalue weighted by Crippen LogP contribution is -2.46. The van der Waals surface area contributed by atoms with E-state index < -0.39 is 0 Å². The lowest BCUT2D eigenvalue weighted by atomic mass is 9.97. The molecule has 0 saturated carbocycles. The Kier molecular flexibility index (Phi) is 10.6. The van der Waals surface area contributed by atoms with Gasteiger partial charge >= 0.3 is 5.97 Å². The number of halogens is 2. The van der Waals surface area contributed by atoms with Crippen molar-refractivity contribution in [3.8, 4) is 0 Å². The predicted molar refractivity (Wildman–Crippen MR) is 114 cm³/mol. The second kappa shape index (κ2) is 12.1. The van der Waals surface area contributed by atoms with Crippen molar-refractivity contribution in [3.05, 3.63) is 35.1 Å². The van der Waals surface area contributed by atoms with Gasteiger partial charge in [0.05, 0.1) is 19.1 Å². The monoisotopic (exact) mass is 493 g/mol. The highest BCUT2D eigenvalue weighted by Gasteiger charge is 2.27. The number of nitrogens with zero attached hydrogens (tertiary/aromatic N) is 2. The molecule has 2 rings (SSSR count). The van der Waals surface area contributed by atoms with Gasteiger partial charge in [-0.2, -0.15) is 0 Å². The maximum atomic E-state index is 13.7. The van der Waals surface area contributed by atoms with E-state index in [9.17, 15) is 9.18 Å². The van der Waals surface area contributed by atoms with Crippen LogP contribution in [0.1, 0.15) is 30.9 Å². The van der Waals surface area contributed by atoms with E-state index in [2.05, 4.69) is 15.2 Å². The topological polar surface area (TPSA) is 63.2 Å². The zero-order valence-electron chi connectivity index (χ0n) is 16.2. The molecule has 0 unspecified atom stereocenters. The zero-order valence-corrected chi connectivity index (χ0v) is 18.5. The first-order valence-electron chi connectivity index (χ1n) is 8.97. The Morgan fingerprint density at radius 3 is 2.67 bits per heavy atom. The number of nitrogens with one attached hydrogen (secondary N) is 1. The minimum atomic E-state index is -0.263. The maximum absolute atomic E-state index is 13.7. The Morgan fingerprint density at radius 2 is 2.07 bits per heavy atom. The SMILES string of the molecule is CCOC(=O)C1CCN(C(=NC)NCc2ccc(F)c(COC)c2)CC1.I. The molecule has 0 radical (unpaired) electrons. The summed E-state index contributed by atoms with van der Waals surface area (Å²) in [5.41, 5.74) is 1.50. The van der Waals surface area contributed by atoms with Gasteiger partial charge in [0.15, 0.2) is 5.96 Å². The van der Waals surface area contributed by atoms with Crippen LogP contribution in [0.4, 0.5) is 4.39 Å². The van der Waals surface area contributed by atoms with E-state index >= 15 is 0 Å². The molecule has 1 N–H and O–H groups in total. The summed E-state index contributed by atoms with van der Waals surface area (Å²) in [4.78, 5) is 18.3. The molecule has 8 heteroatoms. The summed E-state index contributed by atoms with van der Waals surface area (Å²) in [6.45, 7) is 4.54. The van der Waals surface area contributed by atoms with Crippen molar-refractivity contribution in [2.75, 3.05) is 33.9 Å². The fraction of sp³-hybridized carbons (Fsp3) is 0.579. The smallest absolute Gasteiger partial charge is 0.309 e. The van der Waals surface area contributed by atoms with Crippen molar-refractivity contribution < 1.29 is 18.7 Å². The number of methoxy groups -OCH3 is 1. The minimum absolute atomic E-state index is 0. The van der Waals surface area contributed by atoms with Crippen LogP contribution < -0.4 is 5.32 Å². The number of guanidine groups is 1. The molecule has 152 valence electrons. The molecule has 6 nitrogen and oxygen atoms in total. The van der Waals surface area contributed by atoms with Gasteiger partial charge in [-0.05, 0) is 37.5 Å². The third kappa shape index (κ3) is 6.91. The van der Waals surface area contributed by atoms with Gasteiger partial charge < -0.3 is 19.7 Å². The van der Waals surface area contributed by atoms with E-state index in [1.165, 1.54) is 6.07 Å². The Hall–Kier alpha value is -1.42. The summed E-state index contributed by atoms with van der Waals surface area (Å²) in [7, 11) is 3.28. The quantitative estimate of drug-likeness (QED) is 0.286. The molecule has 0 aliphatic carbocycles. The molecule has 1 aromatic carbocycles. The lowest BCUT2D eigenvalue weighted by molar-refractivity contribution is -0.149. The number of hydrogen-bond acceptors (Lipinski definition) is 4. The highest BCUT2D eigenvalue weighted by Crippen LogP contribution is 2.19. The van der Waals surface area contributed by atoms with E-state index in [4.69, 9.17) is 9.47 Å². The van der Waals surface area contributed by atoms with Crippen molar-refractivity contribution in [2.45, 2.75) is 32.9 Å². The van der Waals surface area contributed by atoms with Gasteiger partial charge in [-0.3, -0.25) is 9.79 Å². The summed E-state index contributed by atoms with van der Waals surface area (Å²) in [6.07, 6.45) is 1.52. The van der Waals surface area contributed by atoms with Crippen LogP contribution in [0.15, 0.2) is 23.2 Å². The fourth-order valence-corrected chi connectivity index (χ4v) is 3.10. The summed E-state index contributed by atoms with van der Waals surface area (Å²) in [5.74, 6) is 0.385. The number of hydrogen-bond donors (Lipinski definition) is 1. The van der Waals surface area contributed by atoms with Gasteiger partial charge in [0, 0.05) is 39.4 Å². The molecule has 1 aliphatic rings. The van der Waals surface area contributed by atoms with Gasteiger partial charge in [0.1, 0.15) is 5.82 Å². The van der Waals surface area contributed by atoms with Crippen LogP contribution >= 0.6 is 24.0 Å². The molecule has 27 heavy (non-hydrogen) atoms. The Balaban J connectivity index is 0.00000364. The van der Waals surface area contributed by atoms with Crippen molar-refractivity contribution in [1.82, 2.24) is 10.2 Å². The number of likely N-dealkylation sites (tertiary alicyclic amines) is 1. The van der Waals surface area contributed by atoms with Crippen molar-refractivity contribution >= 4 is 35.9 Å². The molecule has 0 aromatic heterocycles. The van der Waals surface area contributed by atoms with Crippen LogP contribution in [0, 0.1) is 11.7 Å². The molecule has 0 amide bonds. The van der Waals surface area contributed by atoms with Crippen LogP contribution in [0.25, 0.3) is 0 Å². The van der Waals surface area contributed by atoms with Crippen LogP contribution in [0.5, 0.6) is 0 Å². The van der Waals surface area contributed by atoms with Crippen LogP contribution in [-0.2, 0) is 27.4 Å². The molecule has 1 saturated heterocycles. The minimum Gasteiger partial charge on any atom is -0.466 e. The van der Waals surface area contributed by atoms with Crippen molar-refractivity contribution in [1.29, 1.82) is 0 Å². The molecular weight excluding hydrogens is 464 g/mol. The third-order valence-corrected chi connectivity index (χ3v) is 4.49. The zero-order chi connectivity index (χ0) is 18.9. The van der Waals surface area contributed by atoms with Gasteiger partial charge in [0.25, 0.3) is 0 Å². The molecule has 1 aromatic rings. The van der Waals surface area contributed by atoms with Crippen LogP contribution in [0.2, 0.25) is 0 Å².